The fourth-order valence-corrected chi connectivity index (χ4v) is 0. The molecule has 52 valence electrons. The van der Waals surface area contributed by atoms with Gasteiger partial charge in [0.25, 0.3) is 0 Å². The van der Waals surface area contributed by atoms with Crippen molar-refractivity contribution in [3.8, 4) is 0 Å². The van der Waals surface area contributed by atoms with E-state index in [-0.39, 0.29) is 47.9 Å². The summed E-state index contributed by atoms with van der Waals surface area (Å²) in [5.74, 6) is 0. The van der Waals surface area contributed by atoms with Crippen molar-refractivity contribution in [1.29, 1.82) is 0 Å². The Bertz CT molecular complexity index is 97.2. The lowest BCUT2D eigenvalue weighted by Crippen LogP contribution is -1.89. The third-order valence-electron chi connectivity index (χ3n) is 0. The van der Waals surface area contributed by atoms with Gasteiger partial charge in [0.05, 0.1) is 0 Å². The lowest BCUT2D eigenvalue weighted by molar-refractivity contribution is 0.381. The molecule has 0 saturated carbocycles. The van der Waals surface area contributed by atoms with Crippen LogP contribution in [0.2, 0.25) is 0 Å². The molecule has 8 heavy (non-hydrogen) atoms. The molecule has 0 amide bonds. The van der Waals surface area contributed by atoms with Gasteiger partial charge in [0.1, 0.15) is 0 Å². The molecular formula is H6Cl2MgO4S. The average molecular weight is 197 g/mol. The summed E-state index contributed by atoms with van der Waals surface area (Å²) in [6, 6.07) is 0. The second kappa shape index (κ2) is 8.22. The summed E-state index contributed by atoms with van der Waals surface area (Å²) >= 11 is 0. The molecule has 4 nitrogen and oxygen atoms in total. The first-order valence-corrected chi connectivity index (χ1v) is 2.10. The molecule has 0 spiro atoms. The van der Waals surface area contributed by atoms with Gasteiger partial charge in [-0.15, -0.1) is 24.8 Å². The molecule has 0 aromatic heterocycles. The van der Waals surface area contributed by atoms with Gasteiger partial charge >= 0.3 is 33.5 Å². The highest BCUT2D eigenvalue weighted by atomic mass is 35.5. The first-order chi connectivity index (χ1) is 2.00. The van der Waals surface area contributed by atoms with Crippen LogP contribution in [-0.2, 0) is 10.4 Å². The van der Waals surface area contributed by atoms with Crippen LogP contribution in [0.5, 0.6) is 0 Å². The number of halogens is 2. The van der Waals surface area contributed by atoms with E-state index in [0.717, 1.165) is 0 Å². The van der Waals surface area contributed by atoms with Gasteiger partial charge < -0.3 is 0 Å². The van der Waals surface area contributed by atoms with E-state index < -0.39 is 10.4 Å². The maximum absolute atomic E-state index is 8.74. The fraction of sp³-hybridized carbons (Fsp3) is 0. The number of rotatable bonds is 0. The summed E-state index contributed by atoms with van der Waals surface area (Å²) < 4.78 is 31.6. The Morgan fingerprint density at radius 2 is 1.00 bits per heavy atom. The summed E-state index contributed by atoms with van der Waals surface area (Å²) in [4.78, 5) is 0. The molecule has 0 unspecified atom stereocenters. The van der Waals surface area contributed by atoms with Crippen molar-refractivity contribution in [2.24, 2.45) is 0 Å². The minimum atomic E-state index is -4.67. The van der Waals surface area contributed by atoms with Gasteiger partial charge in [0, 0.05) is 0 Å². The molecule has 0 fully saturated rings. The molecule has 0 rings (SSSR count). The largest absolute Gasteiger partial charge is 0.394 e. The Morgan fingerprint density at radius 3 is 1.00 bits per heavy atom. The summed E-state index contributed by atoms with van der Waals surface area (Å²) in [6.07, 6.45) is 0. The maximum Gasteiger partial charge on any atom is 0.394 e. The van der Waals surface area contributed by atoms with Gasteiger partial charge in [-0.05, 0) is 0 Å². The summed E-state index contributed by atoms with van der Waals surface area (Å²) in [5, 5.41) is 0. The van der Waals surface area contributed by atoms with Crippen LogP contribution in [0.4, 0.5) is 0 Å². The SMILES string of the molecule is Cl.Cl.O=S(=O)(O)O.[MgH2]. The Morgan fingerprint density at radius 1 is 1.00 bits per heavy atom. The first kappa shape index (κ1) is 22.9. The lowest BCUT2D eigenvalue weighted by Gasteiger charge is -1.68. The second-order valence-electron chi connectivity index (χ2n) is 0.448. The fourth-order valence-electron chi connectivity index (χ4n) is 0. The molecule has 0 aliphatic carbocycles. The van der Waals surface area contributed by atoms with Crippen molar-refractivity contribution < 1.29 is 17.5 Å². The molecule has 0 saturated heterocycles. The molecule has 2 N–H and O–H groups in total. The van der Waals surface area contributed by atoms with Gasteiger partial charge in [-0.25, -0.2) is 0 Å². The molecule has 0 aliphatic rings. The van der Waals surface area contributed by atoms with Crippen molar-refractivity contribution in [2.45, 2.75) is 0 Å². The molecule has 0 aliphatic heterocycles. The predicted octanol–water partition coefficient (Wildman–Crippen LogP) is -0.725. The third kappa shape index (κ3) is 189. The third-order valence-corrected chi connectivity index (χ3v) is 0. The van der Waals surface area contributed by atoms with E-state index in [1.807, 2.05) is 0 Å². The minimum Gasteiger partial charge on any atom is -0.264 e. The quantitative estimate of drug-likeness (QED) is 0.397. The zero-order chi connectivity index (χ0) is 4.50. The Labute approximate surface area is 75.6 Å². The van der Waals surface area contributed by atoms with Crippen molar-refractivity contribution in [1.82, 2.24) is 0 Å². The van der Waals surface area contributed by atoms with E-state index >= 15 is 0 Å². The zero-order valence-electron chi connectivity index (χ0n) is 2.94. The smallest absolute Gasteiger partial charge is 0.264 e. The average Bonchev–Trinajstić information content (AvgIpc) is 0.722. The highest BCUT2D eigenvalue weighted by Gasteiger charge is 1.84. The topological polar surface area (TPSA) is 74.6 Å². The van der Waals surface area contributed by atoms with Gasteiger partial charge in [-0.1, -0.05) is 0 Å². The molecule has 0 atom stereocenters. The second-order valence-corrected chi connectivity index (χ2v) is 1.34. The van der Waals surface area contributed by atoms with Crippen LogP contribution < -0.4 is 0 Å². The van der Waals surface area contributed by atoms with Crippen molar-refractivity contribution in [3.05, 3.63) is 0 Å². The molecule has 0 bridgehead atoms. The highest BCUT2D eigenvalue weighted by molar-refractivity contribution is 7.79. The van der Waals surface area contributed by atoms with E-state index in [4.69, 9.17) is 17.5 Å². The van der Waals surface area contributed by atoms with Gasteiger partial charge in [0.2, 0.25) is 0 Å². The monoisotopic (exact) mass is 196 g/mol. The molecule has 8 heteroatoms. The standard InChI is InChI=1S/2ClH.Mg.H2O4S.2H/c;;;1-5(2,3)4;;/h2*1H;;(H2,1,2,3,4);;. The number of hydrogen-bond acceptors (Lipinski definition) is 2. The van der Waals surface area contributed by atoms with Crippen molar-refractivity contribution in [2.75, 3.05) is 0 Å². The maximum atomic E-state index is 8.74. The van der Waals surface area contributed by atoms with Gasteiger partial charge in [0.15, 0.2) is 0 Å². The van der Waals surface area contributed by atoms with Crippen LogP contribution in [0, 0.1) is 0 Å². The normalized spacial score (nSPS) is 7.25. The first-order valence-electron chi connectivity index (χ1n) is 0.698. The van der Waals surface area contributed by atoms with Crippen LogP contribution in [-0.4, -0.2) is 40.6 Å². The minimum absolute atomic E-state index is 0. The van der Waals surface area contributed by atoms with E-state index in [2.05, 4.69) is 0 Å². The molecule has 0 aromatic carbocycles. The summed E-state index contributed by atoms with van der Waals surface area (Å²) in [7, 11) is -4.67. The van der Waals surface area contributed by atoms with Crippen LogP contribution in [0.3, 0.4) is 0 Å². The highest BCUT2D eigenvalue weighted by Crippen LogP contribution is 1.59. The van der Waals surface area contributed by atoms with E-state index in [9.17, 15) is 0 Å². The Balaban J connectivity index is -0.0000000267. The number of hydrogen-bond donors (Lipinski definition) is 2. The van der Waals surface area contributed by atoms with Crippen molar-refractivity contribution >= 4 is 58.3 Å². The predicted molar refractivity (Wildman–Crippen MR) is 37.2 cm³/mol. The van der Waals surface area contributed by atoms with Gasteiger partial charge in [-0.2, -0.15) is 8.42 Å². The van der Waals surface area contributed by atoms with E-state index in [0.29, 0.717) is 0 Å². The van der Waals surface area contributed by atoms with Crippen LogP contribution in [0.15, 0.2) is 0 Å². The Hall–Kier alpha value is 1.22. The summed E-state index contributed by atoms with van der Waals surface area (Å²) in [5.41, 5.74) is 0. The van der Waals surface area contributed by atoms with Gasteiger partial charge in [-0.3, -0.25) is 9.11 Å². The van der Waals surface area contributed by atoms with Crippen LogP contribution in [0.1, 0.15) is 0 Å². The molecule has 0 radical (unpaired) electrons. The summed E-state index contributed by atoms with van der Waals surface area (Å²) in [6.45, 7) is 0. The molecule has 0 aromatic rings. The lowest BCUT2D eigenvalue weighted by atomic mass is 15.8. The molecular weight excluding hydrogens is 191 g/mol. The zero-order valence-corrected chi connectivity index (χ0v) is 5.39. The van der Waals surface area contributed by atoms with E-state index in [1.54, 1.807) is 0 Å². The van der Waals surface area contributed by atoms with Crippen LogP contribution in [0.25, 0.3) is 0 Å². The van der Waals surface area contributed by atoms with Crippen molar-refractivity contribution in [3.63, 3.8) is 0 Å². The Kier molecular flexibility index (Phi) is 23.5. The van der Waals surface area contributed by atoms with Crippen LogP contribution >= 0.6 is 24.8 Å². The molecule has 0 heterocycles. The van der Waals surface area contributed by atoms with E-state index in [1.165, 1.54) is 0 Å².